The molecule has 2 aromatic rings. The van der Waals surface area contributed by atoms with E-state index in [-0.39, 0.29) is 33.6 Å². The Morgan fingerprint density at radius 1 is 1.25 bits per heavy atom. The minimum absolute atomic E-state index is 0.000231. The second-order valence-electron chi connectivity index (χ2n) is 3.37. The Hall–Kier alpha value is -2.17. The lowest BCUT2D eigenvalue weighted by atomic mass is 10.1. The third-order valence-corrected chi connectivity index (χ3v) is 2.24. The van der Waals surface area contributed by atoms with Crippen LogP contribution in [0.15, 0.2) is 21.3 Å². The molecule has 0 unspecified atom stereocenters. The molecule has 0 bridgehead atoms. The number of hydrogen-bond acceptors (Lipinski definition) is 5. The molecule has 1 aromatic carbocycles. The van der Waals surface area contributed by atoms with E-state index in [1.54, 1.807) is 6.92 Å². The topological polar surface area (TPSA) is 79.9 Å². The van der Waals surface area contributed by atoms with E-state index < -0.39 is 0 Å². The number of ether oxygens (including phenoxy) is 1. The largest absolute Gasteiger partial charge is 0.507 e. The lowest BCUT2D eigenvalue weighted by molar-refractivity contribution is 0.366. The fraction of sp³-hybridized carbons (Fsp3) is 0.182. The van der Waals surface area contributed by atoms with Gasteiger partial charge in [-0.2, -0.15) is 0 Å². The zero-order valence-corrected chi connectivity index (χ0v) is 8.77. The smallest absolute Gasteiger partial charge is 0.204 e. The van der Waals surface area contributed by atoms with Crippen molar-refractivity contribution in [1.29, 1.82) is 0 Å². The molecule has 0 atom stereocenters. The Bertz CT molecular complexity index is 612. The second kappa shape index (κ2) is 3.44. The maximum Gasteiger partial charge on any atom is 0.204 e. The van der Waals surface area contributed by atoms with Gasteiger partial charge in [-0.05, 0) is 6.92 Å². The lowest BCUT2D eigenvalue weighted by Gasteiger charge is -2.08. The summed E-state index contributed by atoms with van der Waals surface area (Å²) in [4.78, 5) is 11.6. The normalized spacial score (nSPS) is 10.6. The third kappa shape index (κ3) is 1.37. The first-order chi connectivity index (χ1) is 7.54. The molecule has 0 aliphatic heterocycles. The Balaban J connectivity index is 3.05. The first-order valence-electron chi connectivity index (χ1n) is 4.58. The summed E-state index contributed by atoms with van der Waals surface area (Å²) in [5.41, 5.74) is -0.334. The van der Waals surface area contributed by atoms with Gasteiger partial charge in [0.05, 0.1) is 7.11 Å². The number of rotatable bonds is 1. The molecule has 0 radical (unpaired) electrons. The number of phenolic OH excluding ortho intramolecular Hbond substituents is 2. The van der Waals surface area contributed by atoms with Gasteiger partial charge in [-0.25, -0.2) is 0 Å². The van der Waals surface area contributed by atoms with Gasteiger partial charge in [-0.15, -0.1) is 0 Å². The highest BCUT2D eigenvalue weighted by atomic mass is 16.5. The van der Waals surface area contributed by atoms with Crippen molar-refractivity contribution in [2.24, 2.45) is 0 Å². The number of phenols is 2. The Morgan fingerprint density at radius 3 is 2.56 bits per heavy atom. The Kier molecular flexibility index (Phi) is 2.23. The summed E-state index contributed by atoms with van der Waals surface area (Å²) in [5.74, 6) is -0.197. The van der Waals surface area contributed by atoms with Crippen LogP contribution in [0.25, 0.3) is 11.0 Å². The molecular weight excluding hydrogens is 212 g/mol. The van der Waals surface area contributed by atoms with Gasteiger partial charge >= 0.3 is 0 Å². The standard InChI is InChI=1S/C11H10O5/c1-5-3-6(12)9-7(13)4-8(14)10(15-2)11(9)16-5/h3-4,13-14H,1-2H3. The molecular formula is C11H10O5. The van der Waals surface area contributed by atoms with E-state index in [0.717, 1.165) is 6.07 Å². The summed E-state index contributed by atoms with van der Waals surface area (Å²) < 4.78 is 10.2. The van der Waals surface area contributed by atoms with Crippen LogP contribution in [0.1, 0.15) is 5.76 Å². The van der Waals surface area contributed by atoms with Gasteiger partial charge in [0.2, 0.25) is 5.75 Å². The second-order valence-corrected chi connectivity index (χ2v) is 3.37. The van der Waals surface area contributed by atoms with Crippen molar-refractivity contribution in [3.63, 3.8) is 0 Å². The maximum atomic E-state index is 11.6. The average Bonchev–Trinajstić information content (AvgIpc) is 2.15. The van der Waals surface area contributed by atoms with Crippen molar-refractivity contribution in [2.75, 3.05) is 7.11 Å². The molecule has 5 nitrogen and oxygen atoms in total. The van der Waals surface area contributed by atoms with Crippen LogP contribution in [0.3, 0.4) is 0 Å². The van der Waals surface area contributed by atoms with Gasteiger partial charge < -0.3 is 19.4 Å². The minimum Gasteiger partial charge on any atom is -0.507 e. The quantitative estimate of drug-likeness (QED) is 0.764. The molecule has 2 N–H and O–H groups in total. The number of fused-ring (bicyclic) bond motifs is 1. The van der Waals surface area contributed by atoms with E-state index in [1.807, 2.05) is 0 Å². The van der Waals surface area contributed by atoms with Crippen molar-refractivity contribution in [3.8, 4) is 17.2 Å². The predicted molar refractivity (Wildman–Crippen MR) is 57.1 cm³/mol. The molecule has 84 valence electrons. The Labute approximate surface area is 90.5 Å². The van der Waals surface area contributed by atoms with Crippen LogP contribution in [0, 0.1) is 6.92 Å². The SMILES string of the molecule is COc1c(O)cc(O)c2c(=O)cc(C)oc12. The summed E-state index contributed by atoms with van der Waals surface area (Å²) in [7, 11) is 1.34. The fourth-order valence-electron chi connectivity index (χ4n) is 1.59. The molecule has 0 aliphatic rings. The molecule has 1 heterocycles. The number of aromatic hydroxyl groups is 2. The summed E-state index contributed by atoms with van der Waals surface area (Å²) in [6, 6.07) is 2.31. The highest BCUT2D eigenvalue weighted by Crippen LogP contribution is 2.38. The van der Waals surface area contributed by atoms with Gasteiger partial charge in [0.1, 0.15) is 16.9 Å². The van der Waals surface area contributed by atoms with Gasteiger partial charge in [0.25, 0.3) is 0 Å². The number of methoxy groups -OCH3 is 1. The summed E-state index contributed by atoms with van der Waals surface area (Å²) in [5, 5.41) is 19.1. The average molecular weight is 222 g/mol. The number of aryl methyl sites for hydroxylation is 1. The molecule has 5 heteroatoms. The molecule has 2 rings (SSSR count). The Morgan fingerprint density at radius 2 is 1.94 bits per heavy atom. The van der Waals surface area contributed by atoms with Crippen LogP contribution < -0.4 is 10.2 Å². The van der Waals surface area contributed by atoms with Gasteiger partial charge in [-0.1, -0.05) is 0 Å². The van der Waals surface area contributed by atoms with Crippen molar-refractivity contribution in [3.05, 3.63) is 28.1 Å². The van der Waals surface area contributed by atoms with E-state index >= 15 is 0 Å². The highest BCUT2D eigenvalue weighted by molar-refractivity contribution is 5.90. The molecule has 1 aromatic heterocycles. The monoisotopic (exact) mass is 222 g/mol. The van der Waals surface area contributed by atoms with Crippen molar-refractivity contribution in [1.82, 2.24) is 0 Å². The third-order valence-electron chi connectivity index (χ3n) is 2.24. The minimum atomic E-state index is -0.380. The van der Waals surface area contributed by atoms with Gasteiger partial charge in [0, 0.05) is 12.1 Å². The van der Waals surface area contributed by atoms with Gasteiger partial charge in [-0.3, -0.25) is 4.79 Å². The summed E-state index contributed by atoms with van der Waals surface area (Å²) >= 11 is 0. The van der Waals surface area contributed by atoms with Crippen LogP contribution in [0.2, 0.25) is 0 Å². The van der Waals surface area contributed by atoms with Crippen molar-refractivity contribution >= 4 is 11.0 Å². The molecule has 0 spiro atoms. The number of benzene rings is 1. The van der Waals surface area contributed by atoms with Crippen molar-refractivity contribution in [2.45, 2.75) is 6.92 Å². The molecule has 16 heavy (non-hydrogen) atoms. The van der Waals surface area contributed by atoms with Crippen LogP contribution >= 0.6 is 0 Å². The molecule has 0 fully saturated rings. The van der Waals surface area contributed by atoms with E-state index in [1.165, 1.54) is 13.2 Å². The van der Waals surface area contributed by atoms with Crippen LogP contribution in [0.4, 0.5) is 0 Å². The summed E-state index contributed by atoms with van der Waals surface area (Å²) in [6.45, 7) is 1.60. The van der Waals surface area contributed by atoms with E-state index in [4.69, 9.17) is 9.15 Å². The first-order valence-corrected chi connectivity index (χ1v) is 4.58. The number of hydrogen-bond donors (Lipinski definition) is 2. The van der Waals surface area contributed by atoms with E-state index in [2.05, 4.69) is 0 Å². The fourth-order valence-corrected chi connectivity index (χ4v) is 1.59. The zero-order chi connectivity index (χ0) is 11.9. The molecule has 0 saturated carbocycles. The van der Waals surface area contributed by atoms with Crippen LogP contribution in [-0.2, 0) is 0 Å². The maximum absolute atomic E-state index is 11.6. The van der Waals surface area contributed by atoms with Gasteiger partial charge in [0.15, 0.2) is 16.8 Å². The van der Waals surface area contributed by atoms with Crippen LogP contribution in [-0.4, -0.2) is 17.3 Å². The lowest BCUT2D eigenvalue weighted by Crippen LogP contribution is -2.02. The highest BCUT2D eigenvalue weighted by Gasteiger charge is 2.17. The van der Waals surface area contributed by atoms with Crippen LogP contribution in [0.5, 0.6) is 17.2 Å². The van der Waals surface area contributed by atoms with Crippen molar-refractivity contribution < 1.29 is 19.4 Å². The molecule has 0 amide bonds. The van der Waals surface area contributed by atoms with E-state index in [0.29, 0.717) is 5.76 Å². The predicted octanol–water partition coefficient (Wildman–Crippen LogP) is 1.52. The zero-order valence-electron chi connectivity index (χ0n) is 8.77. The van der Waals surface area contributed by atoms with E-state index in [9.17, 15) is 15.0 Å². The summed E-state index contributed by atoms with van der Waals surface area (Å²) in [6.07, 6.45) is 0. The first kappa shape index (κ1) is 10.4. The molecule has 0 aliphatic carbocycles. The molecule has 0 saturated heterocycles.